The molecule has 0 unspecified atom stereocenters. The van der Waals surface area contributed by atoms with Crippen molar-refractivity contribution in [1.29, 1.82) is 0 Å². The summed E-state index contributed by atoms with van der Waals surface area (Å²) in [6.45, 7) is 4.14. The van der Waals surface area contributed by atoms with Crippen LogP contribution in [0.5, 0.6) is 0 Å². The number of benzene rings is 2. The van der Waals surface area contributed by atoms with E-state index in [1.807, 2.05) is 24.3 Å². The quantitative estimate of drug-likeness (QED) is 0.0368. The number of esters is 1. The van der Waals surface area contributed by atoms with E-state index in [0.29, 0.717) is 13.6 Å². The van der Waals surface area contributed by atoms with Crippen LogP contribution in [0, 0.1) is 7.14 Å². The molecule has 0 bridgehead atoms. The van der Waals surface area contributed by atoms with Gasteiger partial charge in [-0.05, 0) is 4.43 Å². The number of hydrogen-bond acceptors (Lipinski definition) is 5. The first kappa shape index (κ1) is 43.3. The normalized spacial score (nSPS) is 12.3. The van der Waals surface area contributed by atoms with Gasteiger partial charge in [0, 0.05) is 0 Å². The summed E-state index contributed by atoms with van der Waals surface area (Å²) in [6.07, 6.45) is 21.3. The van der Waals surface area contributed by atoms with Gasteiger partial charge in [-0.2, -0.15) is 0 Å². The minimum atomic E-state index is -5.62. The number of halogens is 4. The van der Waals surface area contributed by atoms with Crippen LogP contribution in [0.1, 0.15) is 141 Å². The molecule has 274 valence electrons. The molecule has 0 amide bonds. The minimum absolute atomic E-state index is 0.251. The van der Waals surface area contributed by atoms with E-state index in [9.17, 15) is 13.2 Å². The van der Waals surface area contributed by atoms with Crippen LogP contribution < -0.4 is 0 Å². The number of unbranched alkanes of at least 4 members (excludes halogenated alkanes) is 15. The molecular formula is C38H58F2I2O5S. The van der Waals surface area contributed by atoms with Gasteiger partial charge in [-0.1, -0.05) is 22.6 Å². The van der Waals surface area contributed by atoms with Gasteiger partial charge in [-0.15, -0.1) is 0 Å². The molecule has 2 rings (SSSR count). The third-order valence-electron chi connectivity index (χ3n) is 8.32. The van der Waals surface area contributed by atoms with Crippen LogP contribution in [0.3, 0.4) is 0 Å². The van der Waals surface area contributed by atoms with Crippen LogP contribution in [0.25, 0.3) is 0 Å². The second-order valence-electron chi connectivity index (χ2n) is 12.5. The second kappa shape index (κ2) is 25.2. The molecule has 0 atom stereocenters. The fourth-order valence-electron chi connectivity index (χ4n) is 5.33. The molecule has 2 aromatic rings. The molecule has 0 N–H and O–H groups in total. The Kier molecular flexibility index (Phi) is 22.7. The topological polar surface area (TPSA) is 69.7 Å². The molecule has 2 aromatic carbocycles. The van der Waals surface area contributed by atoms with E-state index in [4.69, 9.17) is 7.25 Å². The van der Waals surface area contributed by atoms with Gasteiger partial charge in [0.25, 0.3) is 0 Å². The predicted octanol–water partition coefficient (Wildman–Crippen LogP) is 12.2. The third kappa shape index (κ3) is 16.4. The van der Waals surface area contributed by atoms with Crippen molar-refractivity contribution in [2.45, 2.75) is 148 Å². The van der Waals surface area contributed by atoms with Crippen molar-refractivity contribution >= 4 is 58.9 Å². The molecule has 0 aliphatic carbocycles. The molecule has 0 heterocycles. The van der Waals surface area contributed by atoms with Crippen molar-refractivity contribution in [1.82, 2.24) is 0 Å². The Balaban J connectivity index is 2.13. The SMILES string of the molecule is CCCCCCCCc1ccc(I(OS(=O)(=O)C(F)(F)C(=O)OCCCCCCCCI)c2ccc(CCCCCCCC)cc2)cc1. The van der Waals surface area contributed by atoms with Crippen molar-refractivity contribution in [2.24, 2.45) is 0 Å². The van der Waals surface area contributed by atoms with Gasteiger partial charge in [0.05, 0.1) is 0 Å². The maximum absolute atomic E-state index is 15.2. The Labute approximate surface area is 311 Å². The Hall–Kier alpha value is -0.860. The van der Waals surface area contributed by atoms with Crippen LogP contribution in [-0.2, 0) is 35.0 Å². The number of aryl methyl sites for hydroxylation is 2. The number of rotatable bonds is 28. The molecule has 0 aliphatic heterocycles. The molecule has 48 heavy (non-hydrogen) atoms. The van der Waals surface area contributed by atoms with E-state index in [-0.39, 0.29) is 6.61 Å². The van der Waals surface area contributed by atoms with Gasteiger partial charge in [0.15, 0.2) is 0 Å². The summed E-state index contributed by atoms with van der Waals surface area (Å²) >= 11 is -1.08. The molecule has 0 spiro atoms. The van der Waals surface area contributed by atoms with E-state index in [1.54, 1.807) is 24.3 Å². The molecule has 0 fully saturated rings. The average molecular weight is 919 g/mol. The van der Waals surface area contributed by atoms with Crippen LogP contribution in [0.2, 0.25) is 0 Å². The number of alkyl halides is 3. The van der Waals surface area contributed by atoms with Gasteiger partial charge in [-0.3, -0.25) is 0 Å². The van der Waals surface area contributed by atoms with Crippen LogP contribution in [-0.4, -0.2) is 30.7 Å². The summed E-state index contributed by atoms with van der Waals surface area (Å²) in [5, 5.41) is -4.81. The summed E-state index contributed by atoms with van der Waals surface area (Å²) in [6, 6.07) is 14.9. The zero-order valence-corrected chi connectivity index (χ0v) is 34.3. The van der Waals surface area contributed by atoms with Crippen molar-refractivity contribution in [3.05, 3.63) is 66.8 Å². The van der Waals surface area contributed by atoms with E-state index < -0.39 is 41.6 Å². The number of hydrogen-bond donors (Lipinski definition) is 0. The van der Waals surface area contributed by atoms with Crippen molar-refractivity contribution in [3.63, 3.8) is 0 Å². The molecule has 5 nitrogen and oxygen atoms in total. The molecule has 0 saturated carbocycles. The zero-order valence-electron chi connectivity index (χ0n) is 29.1. The Bertz CT molecular complexity index is 1180. The summed E-state index contributed by atoms with van der Waals surface area (Å²) in [5.41, 5.74) is 2.22. The standard InChI is InChI=1S/C38H58F2I2O5S/c1-3-5-7-9-13-17-21-33-23-27-35(28-24-33)42(36-29-25-34(26-30-36)22-18-14-10-8-6-4-2)47-48(44,45)38(39,40)37(43)46-32-20-16-12-11-15-19-31-41/h23-30H,3-22,31-32H2,1-2H3. The number of carbonyl (C=O) groups excluding carboxylic acids is 1. The fraction of sp³-hybridized carbons (Fsp3) is 0.658. The first-order chi connectivity index (χ1) is 23.2. The van der Waals surface area contributed by atoms with Gasteiger partial charge >= 0.3 is 286 Å². The fourth-order valence-corrected chi connectivity index (χ4v) is 12.6. The van der Waals surface area contributed by atoms with Crippen molar-refractivity contribution < 1.29 is 29.2 Å². The predicted molar refractivity (Wildman–Crippen MR) is 211 cm³/mol. The van der Waals surface area contributed by atoms with E-state index >= 15 is 8.78 Å². The summed E-state index contributed by atoms with van der Waals surface area (Å²) < 4.78 is 68.9. The third-order valence-corrected chi connectivity index (χ3v) is 16.4. The Morgan fingerprint density at radius 2 is 1.04 bits per heavy atom. The molecular weight excluding hydrogens is 860 g/mol. The average Bonchev–Trinajstić information content (AvgIpc) is 3.08. The summed E-state index contributed by atoms with van der Waals surface area (Å²) in [5.74, 6) is -2.08. The second-order valence-corrected chi connectivity index (χ2v) is 20.1. The monoisotopic (exact) mass is 918 g/mol. The molecule has 0 saturated heterocycles. The van der Waals surface area contributed by atoms with Gasteiger partial charge in [0.2, 0.25) is 0 Å². The van der Waals surface area contributed by atoms with Crippen LogP contribution >= 0.6 is 42.8 Å². The molecule has 0 aliphatic rings. The molecule has 0 radical (unpaired) electrons. The van der Waals surface area contributed by atoms with Gasteiger partial charge in [-0.25, -0.2) is 0 Å². The Morgan fingerprint density at radius 1 is 0.646 bits per heavy atom. The maximum atomic E-state index is 15.2. The van der Waals surface area contributed by atoms with E-state index in [1.165, 1.54) is 51.4 Å². The summed E-state index contributed by atoms with van der Waals surface area (Å²) in [4.78, 5) is 12.4. The van der Waals surface area contributed by atoms with Crippen LogP contribution in [0.4, 0.5) is 8.78 Å². The molecule has 10 heteroatoms. The van der Waals surface area contributed by atoms with E-state index in [0.717, 1.165) is 86.2 Å². The van der Waals surface area contributed by atoms with Gasteiger partial charge < -0.3 is 0 Å². The number of ether oxygens (including phenoxy) is 1. The van der Waals surface area contributed by atoms with E-state index in [2.05, 4.69) is 36.4 Å². The Morgan fingerprint density at radius 3 is 1.48 bits per heavy atom. The first-order valence-corrected chi connectivity index (χ1v) is 24.1. The van der Waals surface area contributed by atoms with Crippen molar-refractivity contribution in [3.8, 4) is 0 Å². The van der Waals surface area contributed by atoms with Crippen molar-refractivity contribution in [2.75, 3.05) is 11.0 Å². The van der Waals surface area contributed by atoms with Gasteiger partial charge in [0.1, 0.15) is 0 Å². The summed E-state index contributed by atoms with van der Waals surface area (Å²) in [7, 11) is -5.62. The zero-order chi connectivity index (χ0) is 35.1. The van der Waals surface area contributed by atoms with Crippen LogP contribution in [0.15, 0.2) is 48.5 Å². The molecule has 0 aromatic heterocycles. The number of carbonyl (C=O) groups is 1. The first-order valence-electron chi connectivity index (χ1n) is 18.1.